The molecule has 0 bridgehead atoms. The van der Waals surface area contributed by atoms with Gasteiger partial charge in [-0.15, -0.1) is 0 Å². The minimum Gasteiger partial charge on any atom is -0.351 e. The average Bonchev–Trinajstić information content (AvgIpc) is 2.14. The summed E-state index contributed by atoms with van der Waals surface area (Å²) >= 11 is 0. The number of hydrogen-bond donors (Lipinski definition) is 1. The van der Waals surface area contributed by atoms with E-state index in [1.807, 2.05) is 13.0 Å². The maximum Gasteiger partial charge on any atom is 0.252 e. The van der Waals surface area contributed by atoms with Gasteiger partial charge in [0.2, 0.25) is 0 Å². The van der Waals surface area contributed by atoms with Crippen molar-refractivity contribution < 1.29 is 4.79 Å². The summed E-state index contributed by atoms with van der Waals surface area (Å²) in [5.74, 6) is -0.0579. The van der Waals surface area contributed by atoms with Gasteiger partial charge in [-0.1, -0.05) is 20.8 Å². The van der Waals surface area contributed by atoms with Crippen LogP contribution in [0.3, 0.4) is 0 Å². The molecule has 0 fully saturated rings. The van der Waals surface area contributed by atoms with Crippen LogP contribution in [0.25, 0.3) is 0 Å². The van der Waals surface area contributed by atoms with Gasteiger partial charge in [0.05, 0.1) is 5.56 Å². The third-order valence-corrected chi connectivity index (χ3v) is 1.95. The number of carbonyl (C=O) groups excluding carboxylic acids is 1. The molecule has 0 atom stereocenters. The van der Waals surface area contributed by atoms with E-state index < -0.39 is 0 Å². The van der Waals surface area contributed by atoms with E-state index in [0.29, 0.717) is 12.1 Å². The molecular formula is C12H18N2O. The number of nitrogens with zero attached hydrogens (tertiary/aromatic N) is 1. The summed E-state index contributed by atoms with van der Waals surface area (Å²) in [6.45, 7) is 8.82. The summed E-state index contributed by atoms with van der Waals surface area (Å²) in [7, 11) is 0. The number of nitrogens with one attached hydrogen (secondary N) is 1. The number of hydrogen-bond acceptors (Lipinski definition) is 2. The summed E-state index contributed by atoms with van der Waals surface area (Å²) in [6.07, 6.45) is 1.60. The number of carbonyl (C=O) groups is 1. The minimum absolute atomic E-state index is 0.0579. The first kappa shape index (κ1) is 11.7. The molecular weight excluding hydrogens is 188 g/mol. The molecule has 1 amide bonds. The summed E-state index contributed by atoms with van der Waals surface area (Å²) in [4.78, 5) is 15.7. The number of aromatic nitrogens is 1. The number of aryl methyl sites for hydroxylation is 1. The van der Waals surface area contributed by atoms with Gasteiger partial charge in [-0.05, 0) is 24.5 Å². The quantitative estimate of drug-likeness (QED) is 0.805. The molecule has 0 radical (unpaired) electrons. The van der Waals surface area contributed by atoms with E-state index in [-0.39, 0.29) is 11.3 Å². The molecule has 1 heterocycles. The molecule has 1 aromatic rings. The van der Waals surface area contributed by atoms with Gasteiger partial charge in [0.25, 0.3) is 5.91 Å². The molecule has 3 nitrogen and oxygen atoms in total. The maximum atomic E-state index is 11.7. The third kappa shape index (κ3) is 4.11. The zero-order valence-electron chi connectivity index (χ0n) is 9.79. The van der Waals surface area contributed by atoms with E-state index in [1.165, 1.54) is 0 Å². The SMILES string of the molecule is Cc1ccc(C(=O)NCC(C)(C)C)cn1. The van der Waals surface area contributed by atoms with Gasteiger partial charge >= 0.3 is 0 Å². The topological polar surface area (TPSA) is 42.0 Å². The average molecular weight is 206 g/mol. The van der Waals surface area contributed by atoms with Crippen molar-refractivity contribution in [2.45, 2.75) is 27.7 Å². The normalized spacial score (nSPS) is 11.2. The Kier molecular flexibility index (Phi) is 3.45. The number of pyridine rings is 1. The fourth-order valence-corrected chi connectivity index (χ4v) is 1.05. The Labute approximate surface area is 90.9 Å². The van der Waals surface area contributed by atoms with Crippen LogP contribution in [0.1, 0.15) is 36.8 Å². The van der Waals surface area contributed by atoms with Crippen LogP contribution in [0.2, 0.25) is 0 Å². The van der Waals surface area contributed by atoms with Crippen LogP contribution < -0.4 is 5.32 Å². The minimum atomic E-state index is -0.0579. The van der Waals surface area contributed by atoms with Gasteiger partial charge in [-0.2, -0.15) is 0 Å². The van der Waals surface area contributed by atoms with Crippen molar-refractivity contribution in [3.8, 4) is 0 Å². The Balaban J connectivity index is 2.58. The van der Waals surface area contributed by atoms with Crippen molar-refractivity contribution >= 4 is 5.91 Å². The fraction of sp³-hybridized carbons (Fsp3) is 0.500. The number of rotatable bonds is 2. The van der Waals surface area contributed by atoms with Crippen LogP contribution >= 0.6 is 0 Å². The lowest BCUT2D eigenvalue weighted by molar-refractivity contribution is 0.0939. The Morgan fingerprint density at radius 1 is 1.40 bits per heavy atom. The van der Waals surface area contributed by atoms with Crippen LogP contribution in [0, 0.1) is 12.3 Å². The Bertz CT molecular complexity index is 336. The zero-order chi connectivity index (χ0) is 11.5. The predicted molar refractivity (Wildman–Crippen MR) is 60.8 cm³/mol. The van der Waals surface area contributed by atoms with E-state index >= 15 is 0 Å². The highest BCUT2D eigenvalue weighted by molar-refractivity contribution is 5.93. The van der Waals surface area contributed by atoms with Crippen LogP contribution in [0.5, 0.6) is 0 Å². The van der Waals surface area contributed by atoms with E-state index in [0.717, 1.165) is 5.69 Å². The van der Waals surface area contributed by atoms with Crippen molar-refractivity contribution in [2.24, 2.45) is 5.41 Å². The summed E-state index contributed by atoms with van der Waals surface area (Å²) in [6, 6.07) is 3.63. The van der Waals surface area contributed by atoms with Crippen molar-refractivity contribution in [3.63, 3.8) is 0 Å². The van der Waals surface area contributed by atoms with Gasteiger partial charge in [0.15, 0.2) is 0 Å². The molecule has 1 N–H and O–H groups in total. The molecule has 0 aliphatic rings. The van der Waals surface area contributed by atoms with E-state index in [2.05, 4.69) is 31.1 Å². The molecule has 0 aliphatic heterocycles. The zero-order valence-corrected chi connectivity index (χ0v) is 9.79. The van der Waals surface area contributed by atoms with Crippen LogP contribution in [-0.2, 0) is 0 Å². The first-order chi connectivity index (χ1) is 6.88. The number of amides is 1. The maximum absolute atomic E-state index is 11.7. The standard InChI is InChI=1S/C12H18N2O/c1-9-5-6-10(7-13-9)11(15)14-8-12(2,3)4/h5-7H,8H2,1-4H3,(H,14,15). The molecule has 0 aromatic carbocycles. The fourth-order valence-electron chi connectivity index (χ4n) is 1.05. The van der Waals surface area contributed by atoms with E-state index in [9.17, 15) is 4.79 Å². The van der Waals surface area contributed by atoms with Crippen molar-refractivity contribution in [3.05, 3.63) is 29.6 Å². The monoisotopic (exact) mass is 206 g/mol. The lowest BCUT2D eigenvalue weighted by Gasteiger charge is -2.18. The van der Waals surface area contributed by atoms with Crippen molar-refractivity contribution in [1.29, 1.82) is 0 Å². The third-order valence-electron chi connectivity index (χ3n) is 1.95. The van der Waals surface area contributed by atoms with Crippen molar-refractivity contribution in [2.75, 3.05) is 6.54 Å². The Morgan fingerprint density at radius 3 is 2.53 bits per heavy atom. The van der Waals surface area contributed by atoms with E-state index in [1.54, 1.807) is 12.3 Å². The predicted octanol–water partition coefficient (Wildman–Crippen LogP) is 2.17. The molecule has 82 valence electrons. The smallest absolute Gasteiger partial charge is 0.252 e. The Hall–Kier alpha value is -1.38. The first-order valence-corrected chi connectivity index (χ1v) is 5.09. The molecule has 0 aliphatic carbocycles. The van der Waals surface area contributed by atoms with Crippen molar-refractivity contribution in [1.82, 2.24) is 10.3 Å². The second kappa shape index (κ2) is 4.43. The highest BCUT2D eigenvalue weighted by Crippen LogP contribution is 2.10. The van der Waals surface area contributed by atoms with Crippen LogP contribution in [0.4, 0.5) is 0 Å². The van der Waals surface area contributed by atoms with Crippen LogP contribution in [0.15, 0.2) is 18.3 Å². The summed E-state index contributed by atoms with van der Waals surface area (Å²) in [5, 5.41) is 2.88. The molecule has 0 saturated carbocycles. The lowest BCUT2D eigenvalue weighted by Crippen LogP contribution is -2.32. The van der Waals surface area contributed by atoms with Gasteiger partial charge < -0.3 is 5.32 Å². The second-order valence-corrected chi connectivity index (χ2v) is 4.93. The van der Waals surface area contributed by atoms with Gasteiger partial charge in [0.1, 0.15) is 0 Å². The highest BCUT2D eigenvalue weighted by Gasteiger charge is 2.12. The Morgan fingerprint density at radius 2 is 2.07 bits per heavy atom. The second-order valence-electron chi connectivity index (χ2n) is 4.93. The molecule has 0 spiro atoms. The molecule has 0 saturated heterocycles. The lowest BCUT2D eigenvalue weighted by atomic mass is 9.97. The molecule has 3 heteroatoms. The molecule has 0 unspecified atom stereocenters. The molecule has 1 aromatic heterocycles. The van der Waals surface area contributed by atoms with E-state index in [4.69, 9.17) is 0 Å². The van der Waals surface area contributed by atoms with Gasteiger partial charge in [-0.25, -0.2) is 0 Å². The molecule has 15 heavy (non-hydrogen) atoms. The summed E-state index contributed by atoms with van der Waals surface area (Å²) < 4.78 is 0. The highest BCUT2D eigenvalue weighted by atomic mass is 16.1. The first-order valence-electron chi connectivity index (χ1n) is 5.09. The largest absolute Gasteiger partial charge is 0.351 e. The summed E-state index contributed by atoms with van der Waals surface area (Å²) in [5.41, 5.74) is 1.64. The van der Waals surface area contributed by atoms with Crippen LogP contribution in [-0.4, -0.2) is 17.4 Å². The van der Waals surface area contributed by atoms with Gasteiger partial charge in [-0.3, -0.25) is 9.78 Å². The van der Waals surface area contributed by atoms with Gasteiger partial charge in [0, 0.05) is 18.4 Å². The molecule has 1 rings (SSSR count).